The molecule has 0 spiro atoms. The van der Waals surface area contributed by atoms with Crippen LogP contribution in [0.4, 0.5) is 0 Å². The molecule has 0 atom stereocenters. The molecule has 0 radical (unpaired) electrons. The van der Waals surface area contributed by atoms with Gasteiger partial charge in [-0.25, -0.2) is 0 Å². The number of rotatable bonds is 6. The van der Waals surface area contributed by atoms with Crippen molar-refractivity contribution in [1.82, 2.24) is 0 Å². The third-order valence-electron chi connectivity index (χ3n) is 5.29. The average Bonchev–Trinajstić information content (AvgIpc) is 2.62. The smallest absolute Gasteiger partial charge is 0.00266 e. The maximum Gasteiger partial charge on any atom is -0.00266 e. The second-order valence-electron chi connectivity index (χ2n) is 7.17. The zero-order valence-electron chi connectivity index (χ0n) is 14.9. The molecule has 0 nitrogen and oxygen atoms in total. The maximum absolute atomic E-state index is 2.40. The molecule has 0 unspecified atom stereocenters. The highest BCUT2D eigenvalue weighted by molar-refractivity contribution is 6.23. The topological polar surface area (TPSA) is 0 Å². The third kappa shape index (κ3) is 2.65. The van der Waals surface area contributed by atoms with Crippen LogP contribution in [0, 0.1) is 0 Å². The first-order valence-electron chi connectivity index (χ1n) is 9.50. The minimum Gasteiger partial charge on any atom is -0.0654 e. The Morgan fingerprint density at radius 3 is 1.17 bits per heavy atom. The normalized spacial score (nSPS) is 11.9. The second-order valence-corrected chi connectivity index (χ2v) is 7.17. The van der Waals surface area contributed by atoms with Gasteiger partial charge >= 0.3 is 0 Å². The second kappa shape index (κ2) is 6.43. The molecule has 24 heavy (non-hydrogen) atoms. The summed E-state index contributed by atoms with van der Waals surface area (Å²) in [5, 5.41) is 8.51. The van der Waals surface area contributed by atoms with Crippen LogP contribution in [0.25, 0.3) is 32.3 Å². The quantitative estimate of drug-likeness (QED) is 0.328. The molecule has 0 amide bonds. The first-order chi connectivity index (χ1) is 11.8. The van der Waals surface area contributed by atoms with Crippen LogP contribution >= 0.6 is 0 Å². The molecule has 0 bridgehead atoms. The van der Waals surface area contributed by atoms with Gasteiger partial charge in [0.2, 0.25) is 0 Å². The molecule has 0 heterocycles. The number of hydrogen-bond acceptors (Lipinski definition) is 0. The van der Waals surface area contributed by atoms with E-state index in [1.54, 1.807) is 0 Å². The Morgan fingerprint density at radius 2 is 0.875 bits per heavy atom. The van der Waals surface area contributed by atoms with Gasteiger partial charge in [0.1, 0.15) is 0 Å². The van der Waals surface area contributed by atoms with E-state index in [-0.39, 0.29) is 0 Å². The Hall–Kier alpha value is -2.08. The van der Waals surface area contributed by atoms with Crippen molar-refractivity contribution >= 4 is 32.3 Å². The predicted octanol–water partition coefficient (Wildman–Crippen LogP) is 7.27. The lowest BCUT2D eigenvalue weighted by atomic mass is 9.90. The van der Waals surface area contributed by atoms with Crippen LogP contribution in [-0.2, 0) is 12.8 Å². The van der Waals surface area contributed by atoms with Gasteiger partial charge in [0.05, 0.1) is 0 Å². The Morgan fingerprint density at radius 1 is 0.542 bits per heavy atom. The van der Waals surface area contributed by atoms with Gasteiger partial charge in [0.15, 0.2) is 0 Å². The van der Waals surface area contributed by atoms with Crippen molar-refractivity contribution in [2.45, 2.75) is 52.4 Å². The molecule has 0 aliphatic rings. The summed E-state index contributed by atoms with van der Waals surface area (Å²) in [7, 11) is 0. The van der Waals surface area contributed by atoms with Crippen LogP contribution in [0.3, 0.4) is 0 Å². The fraction of sp³-hybridized carbons (Fsp3) is 0.333. The molecule has 0 heteroatoms. The van der Waals surface area contributed by atoms with Crippen molar-refractivity contribution in [3.8, 4) is 0 Å². The highest BCUT2D eigenvalue weighted by atomic mass is 14.1. The van der Waals surface area contributed by atoms with Gasteiger partial charge in [-0.1, -0.05) is 75.2 Å². The molecule has 0 aromatic heterocycles. The van der Waals surface area contributed by atoms with Gasteiger partial charge in [-0.3, -0.25) is 0 Å². The van der Waals surface area contributed by atoms with Gasteiger partial charge in [-0.2, -0.15) is 0 Å². The zero-order chi connectivity index (χ0) is 16.5. The molecule has 0 aliphatic heterocycles. The largest absolute Gasteiger partial charge is 0.0654 e. The number of hydrogen-bond donors (Lipinski definition) is 0. The van der Waals surface area contributed by atoms with Crippen molar-refractivity contribution in [2.75, 3.05) is 0 Å². The van der Waals surface area contributed by atoms with Crippen LogP contribution in [0.2, 0.25) is 0 Å². The van der Waals surface area contributed by atoms with Crippen molar-refractivity contribution < 1.29 is 0 Å². The van der Waals surface area contributed by atoms with E-state index in [4.69, 9.17) is 0 Å². The van der Waals surface area contributed by atoms with Crippen molar-refractivity contribution in [2.24, 2.45) is 0 Å². The third-order valence-corrected chi connectivity index (χ3v) is 5.29. The molecule has 0 N–H and O–H groups in total. The van der Waals surface area contributed by atoms with Gasteiger partial charge in [-0.05, 0) is 69.1 Å². The van der Waals surface area contributed by atoms with E-state index in [0.29, 0.717) is 0 Å². The lowest BCUT2D eigenvalue weighted by Gasteiger charge is -2.14. The summed E-state index contributed by atoms with van der Waals surface area (Å²) in [6.45, 7) is 4.53. The molecular formula is C24H26. The summed E-state index contributed by atoms with van der Waals surface area (Å²) < 4.78 is 0. The van der Waals surface area contributed by atoms with Crippen LogP contribution in [-0.4, -0.2) is 0 Å². The molecular weight excluding hydrogens is 288 g/mol. The Bertz CT molecular complexity index is 830. The molecule has 0 saturated heterocycles. The SMILES string of the molecule is CCCCc1cc2ccc3cc(CCCC)cc4ccc(c1)c2c34. The number of aryl methyl sites for hydroxylation is 2. The first-order valence-corrected chi connectivity index (χ1v) is 9.50. The van der Waals surface area contributed by atoms with Gasteiger partial charge in [-0.15, -0.1) is 0 Å². The van der Waals surface area contributed by atoms with E-state index in [0.717, 1.165) is 0 Å². The van der Waals surface area contributed by atoms with Crippen LogP contribution in [0.15, 0.2) is 48.5 Å². The number of benzene rings is 4. The highest BCUT2D eigenvalue weighted by Gasteiger charge is 2.10. The lowest BCUT2D eigenvalue weighted by Crippen LogP contribution is -1.91. The van der Waals surface area contributed by atoms with Crippen LogP contribution in [0.5, 0.6) is 0 Å². The van der Waals surface area contributed by atoms with Crippen molar-refractivity contribution in [3.05, 3.63) is 59.7 Å². The van der Waals surface area contributed by atoms with E-state index in [9.17, 15) is 0 Å². The van der Waals surface area contributed by atoms with Crippen LogP contribution < -0.4 is 0 Å². The standard InChI is InChI=1S/C24H26/c1-3-5-7-17-13-19-9-11-21-15-18(8-6-4-2)16-22-12-10-20(14-17)23(19)24(21)22/h9-16H,3-8H2,1-2H3. The Labute approximate surface area is 144 Å². The Balaban J connectivity index is 1.92. The van der Waals surface area contributed by atoms with E-state index in [1.165, 1.54) is 82.0 Å². The molecule has 122 valence electrons. The molecule has 0 saturated carbocycles. The lowest BCUT2D eigenvalue weighted by molar-refractivity contribution is 0.796. The van der Waals surface area contributed by atoms with Gasteiger partial charge < -0.3 is 0 Å². The molecule has 0 fully saturated rings. The first kappa shape index (κ1) is 15.4. The maximum atomic E-state index is 2.40. The average molecular weight is 314 g/mol. The minimum absolute atomic E-state index is 1.19. The summed E-state index contributed by atoms with van der Waals surface area (Å²) in [6.07, 6.45) is 7.43. The fourth-order valence-electron chi connectivity index (χ4n) is 4.02. The molecule has 4 rings (SSSR count). The fourth-order valence-corrected chi connectivity index (χ4v) is 4.02. The van der Waals surface area contributed by atoms with Gasteiger partial charge in [0.25, 0.3) is 0 Å². The molecule has 0 aliphatic carbocycles. The summed E-state index contributed by atoms with van der Waals surface area (Å²) in [5.74, 6) is 0. The molecule has 4 aromatic rings. The van der Waals surface area contributed by atoms with E-state index < -0.39 is 0 Å². The van der Waals surface area contributed by atoms with Crippen LogP contribution in [0.1, 0.15) is 50.7 Å². The van der Waals surface area contributed by atoms with E-state index in [2.05, 4.69) is 62.4 Å². The zero-order valence-corrected chi connectivity index (χ0v) is 14.9. The minimum atomic E-state index is 1.19. The van der Waals surface area contributed by atoms with E-state index >= 15 is 0 Å². The highest BCUT2D eigenvalue weighted by Crippen LogP contribution is 2.36. The summed E-state index contributed by atoms with van der Waals surface area (Å²) >= 11 is 0. The Kier molecular flexibility index (Phi) is 4.14. The number of unbranched alkanes of at least 4 members (excludes halogenated alkanes) is 2. The van der Waals surface area contributed by atoms with Crippen molar-refractivity contribution in [3.63, 3.8) is 0 Å². The molecule has 4 aromatic carbocycles. The van der Waals surface area contributed by atoms with Crippen molar-refractivity contribution in [1.29, 1.82) is 0 Å². The monoisotopic (exact) mass is 314 g/mol. The van der Waals surface area contributed by atoms with Gasteiger partial charge in [0, 0.05) is 0 Å². The predicted molar refractivity (Wildman–Crippen MR) is 107 cm³/mol. The van der Waals surface area contributed by atoms with E-state index in [1.807, 2.05) is 0 Å². The summed E-state index contributed by atoms with van der Waals surface area (Å²) in [4.78, 5) is 0. The summed E-state index contributed by atoms with van der Waals surface area (Å²) in [6, 6.07) is 18.9. The summed E-state index contributed by atoms with van der Waals surface area (Å²) in [5.41, 5.74) is 2.96.